The quantitative estimate of drug-likeness (QED) is 0.329. The van der Waals surface area contributed by atoms with Gasteiger partial charge >= 0.3 is 11.0 Å². The molecule has 0 radical (unpaired) electrons. The number of nitrogens with zero attached hydrogens (tertiary/aromatic N) is 2. The van der Waals surface area contributed by atoms with Crippen molar-refractivity contribution in [3.8, 4) is 5.75 Å². The Bertz CT molecular complexity index is 1070. The fourth-order valence-electron chi connectivity index (χ4n) is 2.27. The van der Waals surface area contributed by atoms with E-state index < -0.39 is 23.4 Å². The molecule has 0 atom stereocenters. The molecule has 11 heteroatoms. The van der Waals surface area contributed by atoms with Crippen LogP contribution in [0.15, 0.2) is 54.7 Å². The molecule has 0 bridgehead atoms. The minimum atomic E-state index is -0.787. The number of carbonyl (C=O) groups excluding carboxylic acids is 2. The van der Waals surface area contributed by atoms with Crippen LogP contribution in [0.25, 0.3) is 0 Å². The number of halogens is 1. The molecule has 0 fully saturated rings. The van der Waals surface area contributed by atoms with Crippen molar-refractivity contribution in [2.45, 2.75) is 6.61 Å². The average molecular weight is 431 g/mol. The molecule has 0 aliphatic heterocycles. The summed E-state index contributed by atoms with van der Waals surface area (Å²) >= 11 is 0.682. The summed E-state index contributed by atoms with van der Waals surface area (Å²) in [5, 5.41) is 12.7. The van der Waals surface area contributed by atoms with E-state index in [2.05, 4.69) is 10.3 Å². The molecule has 0 saturated carbocycles. The summed E-state index contributed by atoms with van der Waals surface area (Å²) in [6, 6.07) is 12.0. The molecular weight excluding hydrogens is 417 g/mol. The highest BCUT2D eigenvalue weighted by molar-refractivity contribution is 7.18. The number of ether oxygens (including phenoxy) is 2. The Balaban J connectivity index is 1.56. The molecule has 1 amide bonds. The summed E-state index contributed by atoms with van der Waals surface area (Å²) in [5.74, 6) is -1.61. The smallest absolute Gasteiger partial charge is 0.345 e. The van der Waals surface area contributed by atoms with Crippen molar-refractivity contribution in [2.75, 3.05) is 11.9 Å². The maximum absolute atomic E-state index is 13.0. The highest BCUT2D eigenvalue weighted by Crippen LogP contribution is 2.25. The molecule has 0 aliphatic carbocycles. The first-order valence-electron chi connectivity index (χ1n) is 8.46. The number of nitro groups is 1. The van der Waals surface area contributed by atoms with Crippen LogP contribution in [0.2, 0.25) is 0 Å². The lowest BCUT2D eigenvalue weighted by Gasteiger charge is -2.11. The van der Waals surface area contributed by atoms with Crippen LogP contribution in [0.3, 0.4) is 0 Å². The first kappa shape index (κ1) is 20.9. The second kappa shape index (κ2) is 9.56. The van der Waals surface area contributed by atoms with Crippen molar-refractivity contribution in [2.24, 2.45) is 0 Å². The maximum atomic E-state index is 13.0. The normalized spacial score (nSPS) is 10.3. The molecular formula is C19H14FN3O6S. The lowest BCUT2D eigenvalue weighted by atomic mass is 10.2. The number of nitrogens with one attached hydrogen (secondary N) is 1. The summed E-state index contributed by atoms with van der Waals surface area (Å²) < 4.78 is 23.6. The number of anilines is 1. The van der Waals surface area contributed by atoms with E-state index in [1.54, 1.807) is 30.3 Å². The van der Waals surface area contributed by atoms with Crippen LogP contribution < -0.4 is 10.1 Å². The van der Waals surface area contributed by atoms with Gasteiger partial charge in [-0.1, -0.05) is 24.3 Å². The van der Waals surface area contributed by atoms with E-state index >= 15 is 0 Å². The van der Waals surface area contributed by atoms with Gasteiger partial charge < -0.3 is 9.47 Å². The predicted molar refractivity (Wildman–Crippen MR) is 105 cm³/mol. The second-order valence-corrected chi connectivity index (χ2v) is 6.81. The van der Waals surface area contributed by atoms with E-state index in [0.29, 0.717) is 16.9 Å². The number of esters is 1. The molecule has 2 aromatic carbocycles. The van der Waals surface area contributed by atoms with Gasteiger partial charge in [0.2, 0.25) is 0 Å². The molecule has 1 heterocycles. The number of carbonyl (C=O) groups is 2. The summed E-state index contributed by atoms with van der Waals surface area (Å²) in [6.07, 6.45) is 1.01. The zero-order valence-electron chi connectivity index (χ0n) is 15.2. The van der Waals surface area contributed by atoms with Gasteiger partial charge in [-0.3, -0.25) is 20.2 Å². The monoisotopic (exact) mass is 431 g/mol. The van der Waals surface area contributed by atoms with Gasteiger partial charge in [0.25, 0.3) is 5.91 Å². The predicted octanol–water partition coefficient (Wildman–Crippen LogP) is 3.56. The Kier molecular flexibility index (Phi) is 6.65. The average Bonchev–Trinajstić information content (AvgIpc) is 3.20. The minimum absolute atomic E-state index is 0.0192. The lowest BCUT2D eigenvalue weighted by Crippen LogP contribution is -2.21. The Hall–Kier alpha value is -3.86. The van der Waals surface area contributed by atoms with Gasteiger partial charge in [-0.05, 0) is 41.2 Å². The van der Waals surface area contributed by atoms with E-state index in [4.69, 9.17) is 9.47 Å². The van der Waals surface area contributed by atoms with Crippen molar-refractivity contribution in [3.63, 3.8) is 0 Å². The molecule has 3 rings (SSSR count). The van der Waals surface area contributed by atoms with Gasteiger partial charge in [0.05, 0.1) is 4.92 Å². The molecule has 154 valence electrons. The SMILES string of the molecule is O=C(COC(=O)c1ccccc1OCc1ccc(F)cc1)Nc1ncc([N+](=O)[O-])s1. The second-order valence-electron chi connectivity index (χ2n) is 5.80. The largest absolute Gasteiger partial charge is 0.488 e. The highest BCUT2D eigenvalue weighted by Gasteiger charge is 2.17. The molecule has 9 nitrogen and oxygen atoms in total. The number of benzene rings is 2. The van der Waals surface area contributed by atoms with E-state index in [1.165, 1.54) is 18.2 Å². The minimum Gasteiger partial charge on any atom is -0.488 e. The molecule has 0 aliphatic rings. The summed E-state index contributed by atoms with van der Waals surface area (Å²) in [4.78, 5) is 37.9. The lowest BCUT2D eigenvalue weighted by molar-refractivity contribution is -0.380. The number of aromatic nitrogens is 1. The van der Waals surface area contributed by atoms with Crippen molar-refractivity contribution in [3.05, 3.63) is 81.8 Å². The zero-order valence-corrected chi connectivity index (χ0v) is 16.1. The molecule has 30 heavy (non-hydrogen) atoms. The van der Waals surface area contributed by atoms with Crippen LogP contribution in [-0.2, 0) is 16.1 Å². The first-order chi connectivity index (χ1) is 14.4. The van der Waals surface area contributed by atoms with Gasteiger partial charge in [-0.25, -0.2) is 14.2 Å². The molecule has 0 unspecified atom stereocenters. The van der Waals surface area contributed by atoms with Crippen LogP contribution in [0.4, 0.5) is 14.5 Å². The molecule has 3 aromatic rings. The number of thiazole rings is 1. The molecule has 1 aromatic heterocycles. The number of hydrogen-bond donors (Lipinski definition) is 1. The van der Waals surface area contributed by atoms with Crippen molar-refractivity contribution < 1.29 is 28.4 Å². The fraction of sp³-hybridized carbons (Fsp3) is 0.105. The van der Waals surface area contributed by atoms with Gasteiger partial charge in [0, 0.05) is 0 Å². The first-order valence-corrected chi connectivity index (χ1v) is 9.27. The third-order valence-electron chi connectivity index (χ3n) is 3.67. The number of amides is 1. The summed E-state index contributed by atoms with van der Waals surface area (Å²) in [6.45, 7) is -0.508. The van der Waals surface area contributed by atoms with Crippen LogP contribution in [-0.4, -0.2) is 28.4 Å². The third kappa shape index (κ3) is 5.58. The zero-order chi connectivity index (χ0) is 21.5. The van der Waals surface area contributed by atoms with Gasteiger partial charge in [-0.2, -0.15) is 0 Å². The van der Waals surface area contributed by atoms with Gasteiger partial charge in [0.1, 0.15) is 29.9 Å². The number of para-hydroxylation sites is 1. The standard InChI is InChI=1S/C19H14FN3O6S/c20-13-7-5-12(6-8-13)10-28-15-4-2-1-3-14(15)18(25)29-11-16(24)22-19-21-9-17(30-19)23(26)27/h1-9H,10-11H2,(H,21,22,24). The summed E-state index contributed by atoms with van der Waals surface area (Å²) in [5.41, 5.74) is 0.814. The van der Waals surface area contributed by atoms with Gasteiger partial charge in [0.15, 0.2) is 11.7 Å². The molecule has 0 spiro atoms. The van der Waals surface area contributed by atoms with Gasteiger partial charge in [-0.15, -0.1) is 0 Å². The topological polar surface area (TPSA) is 121 Å². The maximum Gasteiger partial charge on any atom is 0.345 e. The molecule has 1 N–H and O–H groups in total. The van der Waals surface area contributed by atoms with Crippen molar-refractivity contribution in [1.82, 2.24) is 4.98 Å². The Morgan fingerprint density at radius 1 is 1.17 bits per heavy atom. The van der Waals surface area contributed by atoms with Crippen molar-refractivity contribution >= 4 is 33.3 Å². The van der Waals surface area contributed by atoms with Crippen LogP contribution >= 0.6 is 11.3 Å². The van der Waals surface area contributed by atoms with Crippen molar-refractivity contribution in [1.29, 1.82) is 0 Å². The Morgan fingerprint density at radius 3 is 2.60 bits per heavy atom. The third-order valence-corrected chi connectivity index (χ3v) is 4.53. The van der Waals surface area contributed by atoms with E-state index in [-0.39, 0.29) is 33.9 Å². The van der Waals surface area contributed by atoms with E-state index in [0.717, 1.165) is 6.20 Å². The van der Waals surface area contributed by atoms with E-state index in [1.807, 2.05) is 0 Å². The Labute approximate surface area is 173 Å². The molecule has 0 saturated heterocycles. The fourth-order valence-corrected chi connectivity index (χ4v) is 2.92. The Morgan fingerprint density at radius 2 is 1.90 bits per heavy atom. The van der Waals surface area contributed by atoms with Crippen LogP contribution in [0, 0.1) is 15.9 Å². The van der Waals surface area contributed by atoms with E-state index in [9.17, 15) is 24.1 Å². The number of hydrogen-bond acceptors (Lipinski definition) is 8. The highest BCUT2D eigenvalue weighted by atomic mass is 32.1. The van der Waals surface area contributed by atoms with Crippen LogP contribution in [0.5, 0.6) is 5.75 Å². The van der Waals surface area contributed by atoms with Crippen LogP contribution in [0.1, 0.15) is 15.9 Å². The number of rotatable bonds is 8. The summed E-state index contributed by atoms with van der Waals surface area (Å²) in [7, 11) is 0.